The highest BCUT2D eigenvalue weighted by Gasteiger charge is 2.26. The molecule has 7 heteroatoms. The summed E-state index contributed by atoms with van der Waals surface area (Å²) in [6.07, 6.45) is 0. The topological polar surface area (TPSA) is 119 Å². The summed E-state index contributed by atoms with van der Waals surface area (Å²) in [4.78, 5) is 9.47. The molecule has 0 heterocycles. The highest BCUT2D eigenvalue weighted by molar-refractivity contribution is 7.61. The summed E-state index contributed by atoms with van der Waals surface area (Å²) in [7, 11) is -4.31. The maximum Gasteiger partial charge on any atom is 0.387 e. The van der Waals surface area contributed by atoms with Crippen molar-refractivity contribution < 1.29 is 19.4 Å². The fourth-order valence-corrected chi connectivity index (χ4v) is 2.48. The number of benzene rings is 2. The van der Waals surface area contributed by atoms with Crippen LogP contribution in [0, 0.1) is 0 Å². The molecule has 2 rings (SSSR count). The van der Waals surface area contributed by atoms with Crippen LogP contribution >= 0.6 is 7.60 Å². The van der Waals surface area contributed by atoms with Gasteiger partial charge in [-0.3, -0.25) is 4.57 Å². The summed E-state index contributed by atoms with van der Waals surface area (Å²) in [5.74, 6) is 0. The Kier molecular flexibility index (Phi) is 3.59. The summed E-state index contributed by atoms with van der Waals surface area (Å²) >= 11 is 0. The van der Waals surface area contributed by atoms with E-state index in [0.717, 1.165) is 5.56 Å². The molecule has 0 aromatic heterocycles. The summed E-state index contributed by atoms with van der Waals surface area (Å²) in [6, 6.07) is 11.5. The summed E-state index contributed by atoms with van der Waals surface area (Å²) in [5.41, 5.74) is 13.3. The number of anilines is 2. The third-order valence-corrected chi connectivity index (χ3v) is 3.91. The highest BCUT2D eigenvalue weighted by Crippen LogP contribution is 2.42. The molecule has 0 aliphatic carbocycles. The van der Waals surface area contributed by atoms with E-state index in [1.807, 2.05) is 0 Å². The summed E-state index contributed by atoms with van der Waals surface area (Å²) in [5, 5.41) is 8.34. The van der Waals surface area contributed by atoms with Crippen LogP contribution in [0.4, 0.5) is 11.4 Å². The van der Waals surface area contributed by atoms with Gasteiger partial charge in [-0.15, -0.1) is 4.67 Å². The van der Waals surface area contributed by atoms with Crippen molar-refractivity contribution in [2.24, 2.45) is 0 Å². The van der Waals surface area contributed by atoms with Crippen LogP contribution in [0.2, 0.25) is 0 Å². The molecule has 0 saturated carbocycles. The molecule has 1 atom stereocenters. The smallest absolute Gasteiger partial charge is 0.387 e. The molecule has 0 aliphatic heterocycles. The number of hydrogen-bond acceptors (Lipinski definition) is 5. The van der Waals surface area contributed by atoms with Crippen LogP contribution in [0.1, 0.15) is 0 Å². The van der Waals surface area contributed by atoms with Crippen molar-refractivity contribution in [3.05, 3.63) is 42.5 Å². The largest absolute Gasteiger partial charge is 0.399 e. The van der Waals surface area contributed by atoms with Gasteiger partial charge in [0.1, 0.15) is 0 Å². The van der Waals surface area contributed by atoms with E-state index >= 15 is 0 Å². The first-order valence-electron chi connectivity index (χ1n) is 5.36. The first kappa shape index (κ1) is 13.6. The molecule has 100 valence electrons. The fourth-order valence-electron chi connectivity index (χ4n) is 1.69. The lowest BCUT2D eigenvalue weighted by molar-refractivity contribution is -0.143. The minimum Gasteiger partial charge on any atom is -0.399 e. The average Bonchev–Trinajstić information content (AvgIpc) is 2.40. The monoisotopic (exact) mass is 280 g/mol. The number of nitrogen functional groups attached to an aromatic ring is 2. The van der Waals surface area contributed by atoms with Gasteiger partial charge in [-0.25, -0.2) is 5.26 Å². The Morgan fingerprint density at radius 2 is 1.58 bits per heavy atom. The van der Waals surface area contributed by atoms with E-state index in [9.17, 15) is 9.46 Å². The maximum atomic E-state index is 11.6. The lowest BCUT2D eigenvalue weighted by Gasteiger charge is -2.12. The van der Waals surface area contributed by atoms with Gasteiger partial charge in [0.15, 0.2) is 0 Å². The molecule has 2 aromatic carbocycles. The average molecular weight is 280 g/mol. The van der Waals surface area contributed by atoms with E-state index in [4.69, 9.17) is 16.7 Å². The highest BCUT2D eigenvalue weighted by atomic mass is 31.2. The third kappa shape index (κ3) is 2.77. The molecular formula is C12H13N2O4P. The van der Waals surface area contributed by atoms with Crippen molar-refractivity contribution in [2.75, 3.05) is 11.5 Å². The molecule has 19 heavy (non-hydrogen) atoms. The summed E-state index contributed by atoms with van der Waals surface area (Å²) < 4.78 is 15.3. The zero-order chi connectivity index (χ0) is 14.0. The molecule has 0 saturated heterocycles. The zero-order valence-electron chi connectivity index (χ0n) is 9.85. The van der Waals surface area contributed by atoms with Crippen LogP contribution in [0.3, 0.4) is 0 Å². The van der Waals surface area contributed by atoms with Gasteiger partial charge in [0, 0.05) is 11.4 Å². The Hall–Kier alpha value is -1.85. The Morgan fingerprint density at radius 1 is 1.00 bits per heavy atom. The van der Waals surface area contributed by atoms with Gasteiger partial charge in [-0.2, -0.15) is 0 Å². The SMILES string of the molecule is Nc1ccc(-c2ccc(N)c(P(=O)(O)OO)c2)cc1. The molecule has 0 fully saturated rings. The molecule has 0 radical (unpaired) electrons. The lowest BCUT2D eigenvalue weighted by Crippen LogP contribution is -2.12. The van der Waals surface area contributed by atoms with Crippen LogP contribution < -0.4 is 16.8 Å². The van der Waals surface area contributed by atoms with Crippen molar-refractivity contribution in [1.29, 1.82) is 0 Å². The lowest BCUT2D eigenvalue weighted by atomic mass is 10.1. The van der Waals surface area contributed by atoms with E-state index in [1.165, 1.54) is 12.1 Å². The predicted octanol–water partition coefficient (Wildman–Crippen LogP) is 1.82. The van der Waals surface area contributed by atoms with Crippen molar-refractivity contribution >= 4 is 24.3 Å². The van der Waals surface area contributed by atoms with E-state index in [-0.39, 0.29) is 11.0 Å². The van der Waals surface area contributed by atoms with Gasteiger partial charge in [0.25, 0.3) is 0 Å². The van der Waals surface area contributed by atoms with Crippen LogP contribution in [0.15, 0.2) is 42.5 Å². The third-order valence-electron chi connectivity index (χ3n) is 2.69. The predicted molar refractivity (Wildman–Crippen MR) is 73.9 cm³/mol. The standard InChI is InChI=1S/C12H13N2O4P/c13-10-4-1-8(2-5-10)9-3-6-11(14)12(7-9)19(16,17)18-15/h1-7,15H,13-14H2,(H,16,17). The number of rotatable bonds is 3. The Labute approximate surface area is 109 Å². The van der Waals surface area contributed by atoms with Gasteiger partial charge >= 0.3 is 7.60 Å². The molecule has 0 aliphatic rings. The van der Waals surface area contributed by atoms with E-state index in [0.29, 0.717) is 11.3 Å². The molecule has 0 amide bonds. The van der Waals surface area contributed by atoms with Crippen molar-refractivity contribution in [2.45, 2.75) is 0 Å². The quantitative estimate of drug-likeness (QED) is 0.295. The molecule has 6 nitrogen and oxygen atoms in total. The van der Waals surface area contributed by atoms with Crippen molar-refractivity contribution in [3.8, 4) is 11.1 Å². The first-order valence-corrected chi connectivity index (χ1v) is 6.94. The molecule has 0 bridgehead atoms. The van der Waals surface area contributed by atoms with E-state index < -0.39 is 7.60 Å². The van der Waals surface area contributed by atoms with Crippen LogP contribution in [0.25, 0.3) is 11.1 Å². The number of nitrogens with two attached hydrogens (primary N) is 2. The van der Waals surface area contributed by atoms with E-state index in [1.54, 1.807) is 30.3 Å². The molecule has 6 N–H and O–H groups in total. The molecule has 2 aromatic rings. The van der Waals surface area contributed by atoms with Gasteiger partial charge < -0.3 is 16.4 Å². The zero-order valence-corrected chi connectivity index (χ0v) is 10.7. The molecule has 1 unspecified atom stereocenters. The van der Waals surface area contributed by atoms with Crippen LogP contribution in [-0.2, 0) is 9.24 Å². The molecule has 0 spiro atoms. The van der Waals surface area contributed by atoms with Crippen molar-refractivity contribution in [3.63, 3.8) is 0 Å². The second kappa shape index (κ2) is 5.03. The number of hydrogen-bond donors (Lipinski definition) is 4. The van der Waals surface area contributed by atoms with Gasteiger partial charge in [0.2, 0.25) is 0 Å². The first-order chi connectivity index (χ1) is 8.94. The maximum absolute atomic E-state index is 11.6. The Balaban J connectivity index is 2.53. The van der Waals surface area contributed by atoms with Crippen LogP contribution in [0.5, 0.6) is 0 Å². The second-order valence-electron chi connectivity index (χ2n) is 4.00. The minimum atomic E-state index is -4.31. The normalized spacial score (nSPS) is 14.0. The minimum absolute atomic E-state index is 0.0686. The second-order valence-corrected chi connectivity index (χ2v) is 5.68. The van der Waals surface area contributed by atoms with E-state index in [2.05, 4.69) is 4.67 Å². The fraction of sp³-hybridized carbons (Fsp3) is 0. The van der Waals surface area contributed by atoms with Gasteiger partial charge in [-0.1, -0.05) is 18.2 Å². The van der Waals surface area contributed by atoms with Crippen molar-refractivity contribution in [1.82, 2.24) is 0 Å². The Bertz CT molecular complexity index is 643. The molecular weight excluding hydrogens is 267 g/mol. The summed E-state index contributed by atoms with van der Waals surface area (Å²) in [6.45, 7) is 0. The van der Waals surface area contributed by atoms with Crippen LogP contribution in [-0.4, -0.2) is 10.2 Å². The van der Waals surface area contributed by atoms with Gasteiger partial charge in [0.05, 0.1) is 5.30 Å². The van der Waals surface area contributed by atoms with Gasteiger partial charge in [-0.05, 0) is 35.4 Å². The Morgan fingerprint density at radius 3 is 2.16 bits per heavy atom.